The molecule has 0 fully saturated rings. The molecular weight excluding hydrogens is 408 g/mol. The highest BCUT2D eigenvalue weighted by Crippen LogP contribution is 2.05. The summed E-state index contributed by atoms with van der Waals surface area (Å²) in [5, 5.41) is 6.27. The molecule has 1 heterocycles. The number of amides is 1. The van der Waals surface area contributed by atoms with Crippen LogP contribution in [0.15, 0.2) is 53.8 Å². The summed E-state index contributed by atoms with van der Waals surface area (Å²) in [5.41, 5.74) is 10.2. The Morgan fingerprint density at radius 1 is 1.06 bits per heavy atom. The number of benzene rings is 1. The fraction of sp³-hybridized carbons (Fsp3) is 0.429. The molecule has 0 radical (unpaired) electrons. The van der Waals surface area contributed by atoms with Crippen LogP contribution in [0.2, 0.25) is 0 Å². The van der Waals surface area contributed by atoms with E-state index in [1.54, 1.807) is 0 Å². The maximum atomic E-state index is 10.9. The van der Waals surface area contributed by atoms with Crippen LogP contribution < -0.4 is 21.7 Å². The molecule has 1 aromatic carbocycles. The summed E-state index contributed by atoms with van der Waals surface area (Å²) in [4.78, 5) is 10.9. The van der Waals surface area contributed by atoms with E-state index in [0.29, 0.717) is 0 Å². The van der Waals surface area contributed by atoms with Gasteiger partial charge in [0, 0.05) is 30.6 Å². The Hall–Kier alpha value is -3.08. The van der Waals surface area contributed by atoms with Crippen molar-refractivity contribution in [2.45, 2.75) is 81.7 Å². The minimum Gasteiger partial charge on any atom is -0.382 e. The molecule has 184 valence electrons. The van der Waals surface area contributed by atoms with Crippen molar-refractivity contribution in [1.29, 1.82) is 0 Å². The van der Waals surface area contributed by atoms with Crippen molar-refractivity contribution in [3.05, 3.63) is 70.4 Å². The molecule has 2 rings (SSSR count). The zero-order valence-electron chi connectivity index (χ0n) is 22.3. The zero-order valence-corrected chi connectivity index (χ0v) is 22.3. The van der Waals surface area contributed by atoms with Crippen LogP contribution in [0.1, 0.15) is 86.3 Å². The molecule has 1 aromatic heterocycles. The number of carbonyl (C=O) groups excluding carboxylic acids is 1. The lowest BCUT2D eigenvalue weighted by atomic mass is 10.1. The van der Waals surface area contributed by atoms with Gasteiger partial charge in [-0.1, -0.05) is 97.4 Å². The Labute approximate surface area is 201 Å². The molecule has 5 nitrogen and oxygen atoms in total. The monoisotopic (exact) mass is 454 g/mol. The molecule has 0 bridgehead atoms. The molecule has 0 aliphatic heterocycles. The number of hydrazone groups is 1. The second-order valence-electron chi connectivity index (χ2n) is 6.32. The SMILES string of the molecule is C/C=c1/ccn(Cc2ccc(/C(N)=N/NC(C)=O)cc2)/c1=C/C=C\CCC.CC.CC.CC. The lowest BCUT2D eigenvalue weighted by Crippen LogP contribution is -2.28. The summed E-state index contributed by atoms with van der Waals surface area (Å²) in [6, 6.07) is 10.0. The first kappa shape index (κ1) is 32.1. The van der Waals surface area contributed by atoms with Crippen LogP contribution in [0.4, 0.5) is 0 Å². The number of unbranched alkanes of at least 4 members (excludes halogenated alkanes) is 1. The van der Waals surface area contributed by atoms with Gasteiger partial charge in [-0.25, -0.2) is 5.43 Å². The van der Waals surface area contributed by atoms with Gasteiger partial charge in [-0.2, -0.15) is 5.10 Å². The lowest BCUT2D eigenvalue weighted by Gasteiger charge is -2.06. The average Bonchev–Trinajstić information content (AvgIpc) is 3.25. The lowest BCUT2D eigenvalue weighted by molar-refractivity contribution is -0.118. The minimum absolute atomic E-state index is 0.248. The average molecular weight is 455 g/mol. The van der Waals surface area contributed by atoms with Crippen LogP contribution in [-0.2, 0) is 11.3 Å². The molecule has 0 saturated heterocycles. The number of nitrogens with zero attached hydrogens (tertiary/aromatic N) is 2. The molecule has 0 aliphatic rings. The number of hydrogen-bond donors (Lipinski definition) is 2. The summed E-state index contributed by atoms with van der Waals surface area (Å²) in [5.74, 6) is 0.0399. The predicted molar refractivity (Wildman–Crippen MR) is 146 cm³/mol. The van der Waals surface area contributed by atoms with Crippen molar-refractivity contribution in [1.82, 2.24) is 9.99 Å². The number of nitrogens with one attached hydrogen (secondary N) is 1. The van der Waals surface area contributed by atoms with Crippen LogP contribution >= 0.6 is 0 Å². The topological polar surface area (TPSA) is 72.4 Å². The van der Waals surface area contributed by atoms with E-state index in [2.05, 4.69) is 65.5 Å². The van der Waals surface area contributed by atoms with Crippen molar-refractivity contribution >= 4 is 23.9 Å². The summed E-state index contributed by atoms with van der Waals surface area (Å²) >= 11 is 0. The number of aromatic nitrogens is 1. The molecule has 0 saturated carbocycles. The molecule has 3 N–H and O–H groups in total. The summed E-state index contributed by atoms with van der Waals surface area (Å²) in [6.07, 6.45) is 13.0. The second-order valence-corrected chi connectivity index (χ2v) is 6.32. The normalized spacial score (nSPS) is 11.6. The van der Waals surface area contributed by atoms with Crippen molar-refractivity contribution in [3.8, 4) is 0 Å². The summed E-state index contributed by atoms with van der Waals surface area (Å²) in [6.45, 7) is 18.4. The van der Waals surface area contributed by atoms with Crippen LogP contribution in [0.3, 0.4) is 0 Å². The highest BCUT2D eigenvalue weighted by atomic mass is 16.2. The predicted octanol–water partition coefficient (Wildman–Crippen LogP) is 5.31. The Bertz CT molecular complexity index is 935. The fourth-order valence-corrected chi connectivity index (χ4v) is 2.68. The third-order valence-electron chi connectivity index (χ3n) is 4.13. The van der Waals surface area contributed by atoms with E-state index in [9.17, 15) is 4.79 Å². The van der Waals surface area contributed by atoms with Crippen molar-refractivity contribution in [2.75, 3.05) is 0 Å². The van der Waals surface area contributed by atoms with Gasteiger partial charge in [-0.3, -0.25) is 4.79 Å². The number of rotatable bonds is 7. The minimum atomic E-state index is -0.248. The first-order valence-electron chi connectivity index (χ1n) is 12.2. The summed E-state index contributed by atoms with van der Waals surface area (Å²) in [7, 11) is 0. The molecule has 0 spiro atoms. The quantitative estimate of drug-likeness (QED) is 0.338. The zero-order chi connectivity index (χ0) is 25.6. The Balaban J connectivity index is 0. The van der Waals surface area contributed by atoms with Gasteiger partial charge in [0.2, 0.25) is 5.91 Å². The maximum absolute atomic E-state index is 10.9. The smallest absolute Gasteiger partial charge is 0.237 e. The molecule has 0 aliphatic carbocycles. The molecular formula is C28H46N4O. The third-order valence-corrected chi connectivity index (χ3v) is 4.13. The first-order valence-corrected chi connectivity index (χ1v) is 12.2. The van der Waals surface area contributed by atoms with Gasteiger partial charge in [-0.15, -0.1) is 0 Å². The van der Waals surface area contributed by atoms with Crippen molar-refractivity contribution in [3.63, 3.8) is 0 Å². The highest BCUT2D eigenvalue weighted by Gasteiger charge is 2.02. The van der Waals surface area contributed by atoms with Crippen molar-refractivity contribution < 1.29 is 4.79 Å². The number of allylic oxidation sites excluding steroid dienone is 2. The number of amidine groups is 1. The van der Waals surface area contributed by atoms with Crippen LogP contribution in [0.25, 0.3) is 12.2 Å². The Morgan fingerprint density at radius 3 is 2.18 bits per heavy atom. The van der Waals surface area contributed by atoms with E-state index >= 15 is 0 Å². The van der Waals surface area contributed by atoms with Gasteiger partial charge in [0.05, 0.1) is 0 Å². The van der Waals surface area contributed by atoms with Gasteiger partial charge in [0.15, 0.2) is 5.84 Å². The third kappa shape index (κ3) is 12.5. The highest BCUT2D eigenvalue weighted by molar-refractivity contribution is 5.97. The van der Waals surface area contributed by atoms with E-state index in [1.807, 2.05) is 65.8 Å². The standard InChI is InChI=1S/C22H28N4O.3C2H6/c1-4-6-7-8-9-21-19(5-2)14-15-26(21)16-18-10-12-20(13-11-18)22(23)25-24-17(3)27;3*1-2/h5,7-15H,4,6,16H2,1-3H3,(H2,23,25)(H,24,27);3*1-2H3/b8-7-,19-5-,21-9+;;;. The van der Waals surface area contributed by atoms with E-state index in [0.717, 1.165) is 30.5 Å². The molecule has 33 heavy (non-hydrogen) atoms. The van der Waals surface area contributed by atoms with E-state index < -0.39 is 0 Å². The molecule has 5 heteroatoms. The molecule has 1 amide bonds. The first-order chi connectivity index (χ1) is 16.0. The molecule has 2 aromatic rings. The van der Waals surface area contributed by atoms with E-state index in [4.69, 9.17) is 5.73 Å². The molecule has 0 atom stereocenters. The van der Waals surface area contributed by atoms with Gasteiger partial charge < -0.3 is 10.3 Å². The van der Waals surface area contributed by atoms with Gasteiger partial charge >= 0.3 is 0 Å². The molecule has 0 unspecified atom stereocenters. The van der Waals surface area contributed by atoms with Crippen molar-refractivity contribution in [2.24, 2.45) is 10.8 Å². The number of carbonyl (C=O) groups is 1. The number of hydrogen-bond acceptors (Lipinski definition) is 2. The van der Waals surface area contributed by atoms with Gasteiger partial charge in [-0.05, 0) is 36.3 Å². The van der Waals surface area contributed by atoms with E-state index in [-0.39, 0.29) is 11.7 Å². The summed E-state index contributed by atoms with van der Waals surface area (Å²) < 4.78 is 2.23. The van der Waals surface area contributed by atoms with Crippen LogP contribution in [0.5, 0.6) is 0 Å². The Morgan fingerprint density at radius 2 is 1.67 bits per heavy atom. The largest absolute Gasteiger partial charge is 0.382 e. The fourth-order valence-electron chi connectivity index (χ4n) is 2.68. The van der Waals surface area contributed by atoms with E-state index in [1.165, 1.54) is 17.5 Å². The van der Waals surface area contributed by atoms with Gasteiger partial charge in [0.1, 0.15) is 0 Å². The maximum Gasteiger partial charge on any atom is 0.237 e. The van der Waals surface area contributed by atoms with Crippen LogP contribution in [0, 0.1) is 0 Å². The second kappa shape index (κ2) is 20.8. The van der Waals surface area contributed by atoms with Gasteiger partial charge in [0.25, 0.3) is 0 Å². The van der Waals surface area contributed by atoms with Crippen LogP contribution in [-0.4, -0.2) is 16.3 Å². The number of nitrogens with two attached hydrogens (primary N) is 1. The Kier molecular flexibility index (Phi) is 20.2.